The Labute approximate surface area is 46.7 Å². The summed E-state index contributed by atoms with van der Waals surface area (Å²) < 4.78 is 5.10. The lowest BCUT2D eigenvalue weighted by atomic mass is 10.4. The van der Waals surface area contributed by atoms with Crippen LogP contribution in [-0.2, 0) is 6.42 Å². The maximum atomic E-state index is 5.10. The molecule has 1 aliphatic heterocycles. The summed E-state index contributed by atoms with van der Waals surface area (Å²) in [7, 11) is 0. The van der Waals surface area contributed by atoms with Crippen LogP contribution in [0.5, 0.6) is 5.88 Å². The molecule has 0 atom stereocenters. The average molecular weight is 110 g/mol. The van der Waals surface area contributed by atoms with E-state index in [0.29, 0.717) is 0 Å². The first-order chi connectivity index (χ1) is 3.97. The predicted molar refractivity (Wildman–Crippen MR) is 27.8 cm³/mol. The van der Waals surface area contributed by atoms with Gasteiger partial charge in [0.25, 0.3) is 0 Å². The molecular weight excluding hydrogens is 104 g/mol. The topological polar surface area (TPSA) is 37.9 Å². The number of rotatable bonds is 0. The highest BCUT2D eigenvalue weighted by Crippen LogP contribution is 2.18. The lowest BCUT2D eigenvalue weighted by Gasteiger charge is -1.85. The van der Waals surface area contributed by atoms with Crippen molar-refractivity contribution in [1.82, 2.24) is 9.97 Å². The van der Waals surface area contributed by atoms with E-state index in [1.807, 2.05) is 0 Å². The lowest BCUT2D eigenvalue weighted by Crippen LogP contribution is -1.88. The molecule has 0 unspecified atom stereocenters. The maximum absolute atomic E-state index is 5.10. The third-order valence-corrected chi connectivity index (χ3v) is 1.27. The Hall–Kier alpha value is -0.990. The van der Waals surface area contributed by atoms with Gasteiger partial charge in [-0.3, -0.25) is 0 Å². The van der Waals surface area contributed by atoms with Crippen molar-refractivity contribution in [1.29, 1.82) is 0 Å². The summed E-state index contributed by atoms with van der Waals surface area (Å²) in [6, 6.07) is 0. The first-order valence-electron chi connectivity index (χ1n) is 2.62. The summed E-state index contributed by atoms with van der Waals surface area (Å²) in [6.07, 6.45) is 2.64. The van der Waals surface area contributed by atoms with E-state index in [4.69, 9.17) is 4.74 Å². The third-order valence-electron chi connectivity index (χ3n) is 1.27. The van der Waals surface area contributed by atoms with Crippen LogP contribution in [0, 0.1) is 0 Å². The van der Waals surface area contributed by atoms with Crippen LogP contribution >= 0.6 is 0 Å². The second kappa shape index (κ2) is 1.24. The van der Waals surface area contributed by atoms with Crippen molar-refractivity contribution in [2.45, 2.75) is 6.42 Å². The summed E-state index contributed by atoms with van der Waals surface area (Å²) in [5, 5.41) is 0. The molecule has 0 saturated carbocycles. The standard InChI is InChI=1S/C5H6N2O/c1-2-8-5-4(1)6-3-7-5/h3H,1-2H2,(H,6,7). The average Bonchev–Trinajstić information content (AvgIpc) is 2.15. The number of imidazole rings is 1. The van der Waals surface area contributed by atoms with Crippen LogP contribution in [-0.4, -0.2) is 16.6 Å². The zero-order valence-electron chi connectivity index (χ0n) is 4.35. The van der Waals surface area contributed by atoms with Crippen LogP contribution in [0.25, 0.3) is 0 Å². The van der Waals surface area contributed by atoms with Gasteiger partial charge in [-0.1, -0.05) is 0 Å². The highest BCUT2D eigenvalue weighted by Gasteiger charge is 2.12. The van der Waals surface area contributed by atoms with Gasteiger partial charge >= 0.3 is 0 Å². The highest BCUT2D eigenvalue weighted by molar-refractivity contribution is 5.21. The molecule has 0 radical (unpaired) electrons. The Morgan fingerprint density at radius 3 is 3.62 bits per heavy atom. The predicted octanol–water partition coefficient (Wildman–Crippen LogP) is 0.345. The monoisotopic (exact) mass is 110 g/mol. The minimum absolute atomic E-state index is 0.782. The molecule has 0 aromatic carbocycles. The molecule has 2 heterocycles. The Morgan fingerprint density at radius 1 is 1.75 bits per heavy atom. The second-order valence-electron chi connectivity index (χ2n) is 1.78. The Morgan fingerprint density at radius 2 is 2.75 bits per heavy atom. The number of hydrogen-bond donors (Lipinski definition) is 1. The van der Waals surface area contributed by atoms with E-state index in [1.165, 1.54) is 0 Å². The molecular formula is C5H6N2O. The Balaban J connectivity index is 2.54. The summed E-state index contributed by atoms with van der Waals surface area (Å²) >= 11 is 0. The molecule has 0 amide bonds. The van der Waals surface area contributed by atoms with Crippen molar-refractivity contribution in [2.75, 3.05) is 6.61 Å². The van der Waals surface area contributed by atoms with E-state index in [2.05, 4.69) is 9.97 Å². The normalized spacial score (nSPS) is 15.5. The van der Waals surface area contributed by atoms with Gasteiger partial charge in [-0.15, -0.1) is 0 Å². The molecule has 0 bridgehead atoms. The Bertz CT molecular complexity index is 176. The lowest BCUT2D eigenvalue weighted by molar-refractivity contribution is 0.345. The molecule has 2 rings (SSSR count). The van der Waals surface area contributed by atoms with Gasteiger partial charge in [0.1, 0.15) is 0 Å². The maximum Gasteiger partial charge on any atom is 0.234 e. The van der Waals surface area contributed by atoms with E-state index in [1.54, 1.807) is 6.33 Å². The molecule has 1 aromatic rings. The fraction of sp³-hybridized carbons (Fsp3) is 0.400. The van der Waals surface area contributed by atoms with Crippen LogP contribution in [0.1, 0.15) is 5.69 Å². The summed E-state index contributed by atoms with van der Waals surface area (Å²) in [5.74, 6) is 0.782. The van der Waals surface area contributed by atoms with Crippen molar-refractivity contribution in [3.63, 3.8) is 0 Å². The van der Waals surface area contributed by atoms with Crippen molar-refractivity contribution in [3.05, 3.63) is 12.0 Å². The first-order valence-corrected chi connectivity index (χ1v) is 2.62. The molecule has 0 aliphatic carbocycles. The van der Waals surface area contributed by atoms with Crippen LogP contribution in [0.3, 0.4) is 0 Å². The number of aromatic amines is 1. The number of nitrogens with one attached hydrogen (secondary N) is 1. The van der Waals surface area contributed by atoms with Crippen molar-refractivity contribution in [3.8, 4) is 5.88 Å². The van der Waals surface area contributed by atoms with Gasteiger partial charge in [0.2, 0.25) is 5.88 Å². The van der Waals surface area contributed by atoms with Gasteiger partial charge in [0.05, 0.1) is 18.6 Å². The molecule has 42 valence electrons. The van der Waals surface area contributed by atoms with Gasteiger partial charge in [0.15, 0.2) is 0 Å². The van der Waals surface area contributed by atoms with E-state index >= 15 is 0 Å². The third kappa shape index (κ3) is 0.358. The minimum atomic E-state index is 0.782. The molecule has 1 aliphatic rings. The van der Waals surface area contributed by atoms with Crippen molar-refractivity contribution >= 4 is 0 Å². The van der Waals surface area contributed by atoms with E-state index in [9.17, 15) is 0 Å². The zero-order valence-corrected chi connectivity index (χ0v) is 4.35. The van der Waals surface area contributed by atoms with Gasteiger partial charge in [-0.2, -0.15) is 0 Å². The number of aromatic nitrogens is 2. The van der Waals surface area contributed by atoms with Crippen LogP contribution in [0.15, 0.2) is 6.33 Å². The number of hydrogen-bond acceptors (Lipinski definition) is 2. The molecule has 0 fully saturated rings. The van der Waals surface area contributed by atoms with E-state index in [-0.39, 0.29) is 0 Å². The number of H-pyrrole nitrogens is 1. The molecule has 0 spiro atoms. The van der Waals surface area contributed by atoms with Gasteiger partial charge in [-0.05, 0) is 0 Å². The quantitative estimate of drug-likeness (QED) is 0.523. The summed E-state index contributed by atoms with van der Waals surface area (Å²) in [5.41, 5.74) is 1.13. The van der Waals surface area contributed by atoms with Crippen molar-refractivity contribution in [2.24, 2.45) is 0 Å². The molecule has 8 heavy (non-hydrogen) atoms. The smallest absolute Gasteiger partial charge is 0.234 e. The molecule has 0 saturated heterocycles. The van der Waals surface area contributed by atoms with E-state index in [0.717, 1.165) is 24.6 Å². The van der Waals surface area contributed by atoms with Gasteiger partial charge < -0.3 is 9.72 Å². The molecule has 3 nitrogen and oxygen atoms in total. The SMILES string of the molecule is c1nc2c([nH]1)CCO2. The molecule has 1 N–H and O–H groups in total. The highest BCUT2D eigenvalue weighted by atomic mass is 16.5. The van der Waals surface area contributed by atoms with Crippen LogP contribution in [0.4, 0.5) is 0 Å². The van der Waals surface area contributed by atoms with Crippen LogP contribution < -0.4 is 4.74 Å². The first kappa shape index (κ1) is 3.95. The van der Waals surface area contributed by atoms with E-state index < -0.39 is 0 Å². The summed E-state index contributed by atoms with van der Waals surface area (Å²) in [6.45, 7) is 0.787. The second-order valence-corrected chi connectivity index (χ2v) is 1.78. The number of ether oxygens (including phenoxy) is 1. The number of fused-ring (bicyclic) bond motifs is 1. The summed E-state index contributed by atoms with van der Waals surface area (Å²) in [4.78, 5) is 6.90. The van der Waals surface area contributed by atoms with Gasteiger partial charge in [0, 0.05) is 6.42 Å². The van der Waals surface area contributed by atoms with Crippen molar-refractivity contribution < 1.29 is 4.74 Å². The fourth-order valence-corrected chi connectivity index (χ4v) is 0.862. The largest absolute Gasteiger partial charge is 0.476 e. The minimum Gasteiger partial charge on any atom is -0.476 e. The Kier molecular flexibility index (Phi) is 0.614. The number of nitrogens with zero attached hydrogens (tertiary/aromatic N) is 1. The van der Waals surface area contributed by atoms with Crippen LogP contribution in [0.2, 0.25) is 0 Å². The fourth-order valence-electron chi connectivity index (χ4n) is 0.862. The molecule has 1 aromatic heterocycles. The van der Waals surface area contributed by atoms with Gasteiger partial charge in [-0.25, -0.2) is 4.98 Å². The molecule has 3 heteroatoms. The zero-order chi connectivity index (χ0) is 5.40.